The highest BCUT2D eigenvalue weighted by atomic mass is 19.4. The zero-order chi connectivity index (χ0) is 17.5. The van der Waals surface area contributed by atoms with Gasteiger partial charge in [0, 0.05) is 19.1 Å². The van der Waals surface area contributed by atoms with Crippen molar-refractivity contribution in [2.45, 2.75) is 44.4 Å². The predicted molar refractivity (Wildman–Crippen MR) is 81.1 cm³/mol. The van der Waals surface area contributed by atoms with Crippen LogP contribution in [-0.2, 0) is 22.2 Å². The predicted octanol–water partition coefficient (Wildman–Crippen LogP) is 2.47. The Bertz CT molecular complexity index is 659. The molecule has 24 heavy (non-hydrogen) atoms. The fourth-order valence-corrected chi connectivity index (χ4v) is 3.61. The number of piperazine rings is 1. The fourth-order valence-electron chi connectivity index (χ4n) is 3.61. The summed E-state index contributed by atoms with van der Waals surface area (Å²) in [6.07, 6.45) is -3.11. The van der Waals surface area contributed by atoms with Gasteiger partial charge in [-0.05, 0) is 31.4 Å². The van der Waals surface area contributed by atoms with Gasteiger partial charge in [-0.15, -0.1) is 0 Å². The molecule has 7 heteroatoms. The summed E-state index contributed by atoms with van der Waals surface area (Å²) in [4.78, 5) is 28.2. The Kier molecular flexibility index (Phi) is 4.27. The summed E-state index contributed by atoms with van der Waals surface area (Å²) in [5, 5.41) is 0. The summed E-state index contributed by atoms with van der Waals surface area (Å²) in [5.41, 5.74) is -0.847. The third kappa shape index (κ3) is 2.99. The van der Waals surface area contributed by atoms with Crippen LogP contribution in [0.1, 0.15) is 30.9 Å². The Labute approximate surface area is 138 Å². The summed E-state index contributed by atoms with van der Waals surface area (Å²) in [7, 11) is 0. The Morgan fingerprint density at radius 3 is 2.71 bits per heavy atom. The van der Waals surface area contributed by atoms with Crippen molar-refractivity contribution in [1.82, 2.24) is 9.80 Å². The van der Waals surface area contributed by atoms with Crippen LogP contribution in [0.3, 0.4) is 0 Å². The van der Waals surface area contributed by atoms with E-state index in [2.05, 4.69) is 0 Å². The Morgan fingerprint density at radius 2 is 2.00 bits per heavy atom. The summed E-state index contributed by atoms with van der Waals surface area (Å²) >= 11 is 0. The number of halogens is 3. The van der Waals surface area contributed by atoms with Crippen molar-refractivity contribution in [2.75, 3.05) is 13.1 Å². The maximum Gasteiger partial charge on any atom is 0.416 e. The molecule has 4 nitrogen and oxygen atoms in total. The Morgan fingerprint density at radius 1 is 1.29 bits per heavy atom. The summed E-state index contributed by atoms with van der Waals surface area (Å²) in [6.45, 7) is 2.75. The Hall–Kier alpha value is -2.05. The molecule has 130 valence electrons. The average Bonchev–Trinajstić information content (AvgIpc) is 2.99. The average molecular weight is 340 g/mol. The van der Waals surface area contributed by atoms with E-state index >= 15 is 0 Å². The second kappa shape index (κ2) is 6.11. The number of rotatable bonds is 2. The monoisotopic (exact) mass is 340 g/mol. The van der Waals surface area contributed by atoms with Crippen molar-refractivity contribution in [2.24, 2.45) is 0 Å². The molecular weight excluding hydrogens is 321 g/mol. The van der Waals surface area contributed by atoms with Gasteiger partial charge < -0.3 is 9.80 Å². The van der Waals surface area contributed by atoms with Gasteiger partial charge in [-0.2, -0.15) is 13.2 Å². The molecule has 0 N–H and O–H groups in total. The molecule has 0 spiro atoms. The van der Waals surface area contributed by atoms with Gasteiger partial charge in [-0.25, -0.2) is 0 Å². The first-order valence-corrected chi connectivity index (χ1v) is 8.04. The van der Waals surface area contributed by atoms with Crippen LogP contribution in [-0.4, -0.2) is 46.8 Å². The van der Waals surface area contributed by atoms with E-state index in [1.807, 2.05) is 0 Å². The van der Waals surface area contributed by atoms with Crippen molar-refractivity contribution in [1.29, 1.82) is 0 Å². The van der Waals surface area contributed by atoms with Crippen LogP contribution in [0, 0.1) is 0 Å². The van der Waals surface area contributed by atoms with Crippen LogP contribution >= 0.6 is 0 Å². The third-order valence-corrected chi connectivity index (χ3v) is 4.88. The van der Waals surface area contributed by atoms with Crippen LogP contribution in [0.25, 0.3) is 0 Å². The van der Waals surface area contributed by atoms with Gasteiger partial charge in [-0.1, -0.05) is 18.2 Å². The van der Waals surface area contributed by atoms with E-state index < -0.39 is 23.7 Å². The highest BCUT2D eigenvalue weighted by Crippen LogP contribution is 2.33. The highest BCUT2D eigenvalue weighted by Gasteiger charge is 2.42. The number of hydrogen-bond donors (Lipinski definition) is 0. The molecule has 0 aromatic heterocycles. The summed E-state index contributed by atoms with van der Waals surface area (Å²) in [6, 6.07) is 4.47. The van der Waals surface area contributed by atoms with Crippen molar-refractivity contribution in [3.63, 3.8) is 0 Å². The number of hydrogen-bond acceptors (Lipinski definition) is 2. The van der Waals surface area contributed by atoms with Crippen LogP contribution in [0.5, 0.6) is 0 Å². The molecule has 0 radical (unpaired) electrons. The molecule has 1 aromatic rings. The molecule has 0 saturated carbocycles. The third-order valence-electron chi connectivity index (χ3n) is 4.88. The molecule has 2 saturated heterocycles. The fraction of sp³-hybridized carbons (Fsp3) is 0.529. The van der Waals surface area contributed by atoms with Crippen molar-refractivity contribution in [3.8, 4) is 0 Å². The van der Waals surface area contributed by atoms with Gasteiger partial charge in [0.1, 0.15) is 6.04 Å². The van der Waals surface area contributed by atoms with E-state index in [4.69, 9.17) is 0 Å². The maximum absolute atomic E-state index is 13.1. The van der Waals surface area contributed by atoms with E-state index in [1.54, 1.807) is 11.8 Å². The number of amides is 2. The SMILES string of the molecule is C[C@@H]1C(=O)N2CCC[C@@H]2CN1C(=O)Cc1ccccc1C(F)(F)F. The number of benzene rings is 1. The van der Waals surface area contributed by atoms with Gasteiger partial charge in [0.15, 0.2) is 0 Å². The number of fused-ring (bicyclic) bond motifs is 1. The van der Waals surface area contributed by atoms with Crippen LogP contribution in [0.15, 0.2) is 24.3 Å². The van der Waals surface area contributed by atoms with E-state index in [0.717, 1.165) is 18.9 Å². The maximum atomic E-state index is 13.1. The lowest BCUT2D eigenvalue weighted by molar-refractivity contribution is -0.152. The normalized spacial score (nSPS) is 24.2. The minimum Gasteiger partial charge on any atom is -0.336 e. The van der Waals surface area contributed by atoms with Crippen LogP contribution in [0.4, 0.5) is 13.2 Å². The standard InChI is InChI=1S/C17H19F3N2O2/c1-11-16(24)21-8-4-6-13(21)10-22(11)15(23)9-12-5-2-3-7-14(12)17(18,19)20/h2-3,5,7,11,13H,4,6,8-10H2,1H3/t11-,13-/m1/s1. The molecule has 0 unspecified atom stereocenters. The lowest BCUT2D eigenvalue weighted by Crippen LogP contribution is -2.60. The molecule has 1 aromatic carbocycles. The largest absolute Gasteiger partial charge is 0.416 e. The minimum atomic E-state index is -4.50. The first kappa shape index (κ1) is 16.8. The van der Waals surface area contributed by atoms with Crippen LogP contribution < -0.4 is 0 Å². The topological polar surface area (TPSA) is 40.6 Å². The van der Waals surface area contributed by atoms with Gasteiger partial charge in [0.05, 0.1) is 12.0 Å². The van der Waals surface area contributed by atoms with E-state index in [-0.39, 0.29) is 23.9 Å². The lowest BCUT2D eigenvalue weighted by Gasteiger charge is -2.41. The second-order valence-electron chi connectivity index (χ2n) is 6.38. The minimum absolute atomic E-state index is 0.00416. The van der Waals surface area contributed by atoms with Crippen molar-refractivity contribution < 1.29 is 22.8 Å². The van der Waals surface area contributed by atoms with E-state index in [0.29, 0.717) is 13.1 Å². The van der Waals surface area contributed by atoms with Crippen LogP contribution in [0.2, 0.25) is 0 Å². The lowest BCUT2D eigenvalue weighted by atomic mass is 10.0. The summed E-state index contributed by atoms with van der Waals surface area (Å²) in [5.74, 6) is -0.541. The number of carbonyl (C=O) groups is 2. The molecule has 2 aliphatic rings. The molecule has 2 aliphatic heterocycles. The molecule has 2 fully saturated rings. The van der Waals surface area contributed by atoms with Gasteiger partial charge >= 0.3 is 6.18 Å². The summed E-state index contributed by atoms with van der Waals surface area (Å²) < 4.78 is 39.2. The molecule has 0 bridgehead atoms. The second-order valence-corrected chi connectivity index (χ2v) is 6.38. The first-order chi connectivity index (χ1) is 11.3. The molecular formula is C17H19F3N2O2. The molecule has 3 rings (SSSR count). The first-order valence-electron chi connectivity index (χ1n) is 8.04. The van der Waals surface area contributed by atoms with E-state index in [1.165, 1.54) is 23.1 Å². The van der Waals surface area contributed by atoms with Gasteiger partial charge in [-0.3, -0.25) is 9.59 Å². The highest BCUT2D eigenvalue weighted by molar-refractivity contribution is 5.90. The molecule has 2 heterocycles. The zero-order valence-corrected chi connectivity index (χ0v) is 13.3. The molecule has 0 aliphatic carbocycles. The zero-order valence-electron chi connectivity index (χ0n) is 13.3. The number of alkyl halides is 3. The van der Waals surface area contributed by atoms with Crippen molar-refractivity contribution in [3.05, 3.63) is 35.4 Å². The smallest absolute Gasteiger partial charge is 0.336 e. The van der Waals surface area contributed by atoms with Gasteiger partial charge in [0.25, 0.3) is 0 Å². The van der Waals surface area contributed by atoms with Gasteiger partial charge in [0.2, 0.25) is 11.8 Å². The quantitative estimate of drug-likeness (QED) is 0.830. The number of nitrogens with zero attached hydrogens (tertiary/aromatic N) is 2. The number of carbonyl (C=O) groups excluding carboxylic acids is 2. The molecule has 2 atom stereocenters. The van der Waals surface area contributed by atoms with Crippen molar-refractivity contribution >= 4 is 11.8 Å². The molecule has 2 amide bonds. The Balaban J connectivity index is 1.79. The van der Waals surface area contributed by atoms with E-state index in [9.17, 15) is 22.8 Å².